The number of para-hydroxylation sites is 2. The molecule has 3 aromatic heterocycles. The second kappa shape index (κ2) is 36.2. The van der Waals surface area contributed by atoms with E-state index in [9.17, 15) is 0 Å². The Balaban J connectivity index is 0.0000103. The van der Waals surface area contributed by atoms with E-state index in [1.54, 1.807) is 0 Å². The first kappa shape index (κ1) is 81.9. The summed E-state index contributed by atoms with van der Waals surface area (Å²) in [4.78, 5) is 53.5. The van der Waals surface area contributed by atoms with Gasteiger partial charge < -0.3 is 68.0 Å². The summed E-state index contributed by atoms with van der Waals surface area (Å²) in [5, 5.41) is 6.81. The van der Waals surface area contributed by atoms with E-state index in [0.717, 1.165) is 181 Å². The van der Waals surface area contributed by atoms with E-state index < -0.39 is 0 Å². The summed E-state index contributed by atoms with van der Waals surface area (Å²) in [6, 6.07) is 53.6. The van der Waals surface area contributed by atoms with Gasteiger partial charge in [0.2, 0.25) is 27.2 Å². The first-order valence-corrected chi connectivity index (χ1v) is 43.9. The fourth-order valence-corrected chi connectivity index (χ4v) is 19.7. The van der Waals surface area contributed by atoms with Crippen molar-refractivity contribution in [1.82, 2.24) is 30.6 Å². The fraction of sp³-hybridized carbons (Fsp3) is 0.327. The van der Waals surface area contributed by atoms with Crippen LogP contribution in [0.2, 0.25) is 0 Å². The van der Waals surface area contributed by atoms with E-state index in [1.165, 1.54) is 0 Å². The number of hydrogen-bond donors (Lipinski definition) is 2. The van der Waals surface area contributed by atoms with Crippen LogP contribution in [0.1, 0.15) is 244 Å². The third-order valence-electron chi connectivity index (χ3n) is 25.5. The summed E-state index contributed by atoms with van der Waals surface area (Å²) in [6.45, 7) is 11.8. The Kier molecular flexibility index (Phi) is 24.1. The third-order valence-corrected chi connectivity index (χ3v) is 25.5. The number of ether oxygens (including phenoxy) is 10. The third kappa shape index (κ3) is 15.7. The second-order valence-corrected chi connectivity index (χ2v) is 33.1. The second-order valence-electron chi connectivity index (χ2n) is 33.1. The van der Waals surface area contributed by atoms with Crippen LogP contribution in [0.15, 0.2) is 158 Å². The van der Waals surface area contributed by atoms with Crippen LogP contribution in [-0.2, 0) is 42.2 Å². The molecule has 0 aliphatic carbocycles. The maximum absolute atomic E-state index is 15.5. The number of carbonyl (C=O) groups is 2. The molecule has 0 saturated carbocycles. The first-order valence-electron chi connectivity index (χ1n) is 43.9. The maximum Gasteiger partial charge on any atom is 2.00 e. The molecule has 4 unspecified atom stereocenters. The Bertz CT molecular complexity index is 5620. The molecule has 0 saturated heterocycles. The first-order chi connectivity index (χ1) is 60.0. The van der Waals surface area contributed by atoms with Gasteiger partial charge in [0.1, 0.15) is 57.5 Å². The van der Waals surface area contributed by atoms with Crippen LogP contribution < -0.4 is 68.0 Å². The molecular formula is C104H102N6O12Zn. The molecule has 622 valence electrons. The summed E-state index contributed by atoms with van der Waals surface area (Å²) in [7, 11) is 0. The molecule has 11 aromatic rings. The van der Waals surface area contributed by atoms with Gasteiger partial charge in [-0.1, -0.05) is 226 Å². The van der Waals surface area contributed by atoms with Gasteiger partial charge in [0, 0.05) is 90.4 Å². The van der Waals surface area contributed by atoms with Gasteiger partial charge in [-0.2, -0.15) is 0 Å². The zero-order chi connectivity index (χ0) is 82.9. The number of rotatable bonds is 18. The van der Waals surface area contributed by atoms with E-state index in [2.05, 4.69) is 101 Å². The Morgan fingerprint density at radius 3 is 0.927 bits per heavy atom. The molecule has 19 heteroatoms. The Morgan fingerprint density at radius 1 is 0.333 bits per heavy atom. The quantitative estimate of drug-likeness (QED) is 0.0605. The molecule has 18 nitrogen and oxygen atoms in total. The van der Waals surface area contributed by atoms with Crippen LogP contribution in [0.25, 0.3) is 90.9 Å². The number of fused-ring (bicyclic) bond motifs is 12. The zero-order valence-corrected chi connectivity index (χ0v) is 74.0. The average molecular weight is 1690 g/mol. The van der Waals surface area contributed by atoms with Gasteiger partial charge in [0.25, 0.3) is 11.8 Å². The van der Waals surface area contributed by atoms with Crippen molar-refractivity contribution >= 4 is 58.2 Å². The number of hydrogen-bond acceptors (Lipinski definition) is 14. The van der Waals surface area contributed by atoms with Gasteiger partial charge in [-0.3, -0.25) is 9.59 Å². The van der Waals surface area contributed by atoms with Crippen LogP contribution in [0, 0.1) is 13.8 Å². The van der Waals surface area contributed by atoms with E-state index >= 15 is 9.59 Å². The van der Waals surface area contributed by atoms with Crippen molar-refractivity contribution in [3.8, 4) is 102 Å². The minimum absolute atomic E-state index is 0. The SMILES string of the molecule is CCCCCC1c2cc3c4c(C)c2OCOc2c1cc1c5c2CNC(=O)COc2ccccc2-c2c6nc(c(-c7ccccc7)c7ccc([n-]7)c(c7nc(c(-c8ccccc8)c8ccc2[n-]8)C=C7)-c2ccccc2OCC(=O)NCc2c(c(cc7c2OCOc2c(cc(c(c2C)OCO5)C1CCCCC)C7CCCCC)C3CCCCC)OCO4)C=C6.[Zn+2]. The summed E-state index contributed by atoms with van der Waals surface area (Å²) in [6.07, 6.45) is 22.6. The van der Waals surface area contributed by atoms with Gasteiger partial charge in [-0.05, 0) is 134 Å². The smallest absolute Gasteiger partial charge is 0.657 e. The number of carbonyl (C=O) groups excluding carboxylic acids is 2. The van der Waals surface area contributed by atoms with Gasteiger partial charge in [0.05, 0.1) is 47.0 Å². The summed E-state index contributed by atoms with van der Waals surface area (Å²) in [5.41, 5.74) is 22.2. The van der Waals surface area contributed by atoms with Crippen molar-refractivity contribution in [2.75, 3.05) is 40.4 Å². The van der Waals surface area contributed by atoms with Crippen LogP contribution >= 0.6 is 0 Å². The fourth-order valence-electron chi connectivity index (χ4n) is 19.7. The number of benzene rings is 8. The molecule has 8 aliphatic heterocycles. The van der Waals surface area contributed by atoms with Crippen LogP contribution in [-0.4, -0.2) is 62.2 Å². The van der Waals surface area contributed by atoms with E-state index in [4.69, 9.17) is 67.3 Å². The zero-order valence-electron chi connectivity index (χ0n) is 71.0. The Hall–Kier alpha value is -12.1. The van der Waals surface area contributed by atoms with Gasteiger partial charge in [-0.25, -0.2) is 9.97 Å². The molecule has 0 spiro atoms. The number of unbranched alkanes of at least 4 members (excludes halogenated alkanes) is 8. The van der Waals surface area contributed by atoms with Gasteiger partial charge >= 0.3 is 19.5 Å². The summed E-state index contributed by atoms with van der Waals surface area (Å²) in [5.74, 6) is 4.02. The summed E-state index contributed by atoms with van der Waals surface area (Å²) >= 11 is 0. The van der Waals surface area contributed by atoms with Crippen molar-refractivity contribution in [3.05, 3.63) is 247 Å². The van der Waals surface area contributed by atoms with Gasteiger partial charge in [-0.15, -0.1) is 22.1 Å². The molecule has 2 amide bonds. The molecule has 8 aromatic carbocycles. The van der Waals surface area contributed by atoms with Crippen molar-refractivity contribution in [3.63, 3.8) is 0 Å². The molecule has 123 heavy (non-hydrogen) atoms. The Labute approximate surface area is 731 Å². The standard InChI is InChI=1S/C104H104N6O12.Zn/c1-7-11-17-33-65-71-49-72-66(34-18-12-8-2)77-52-78-68(36-20-14-10-4)74-50-73-67(35-19-13-9-3)76-51-75(65)101-79-53-105-91(111)55-113-89-39-27-25-37-69(89)95-85-45-41-81(107-85)93(63-29-21-15-22-30-63)83-43-47-87(109-83)96(88-48-44-84(110-88)94(64-31-23-16-24-32-64)82-42-46-86(95)108-82)70-38-26-28-40-90(70)114-56-92(112)106-54-80(103(77)121-58-116-98(72)61(5)97(71)115-57-119-101)104(78)122-60-118-100(74)62(6)99(73)117-59-120-102(76)79;/h15-16,21-32,37-52,65-68H,7-14,17-20,33-36,53-60H2,1-6H3,(H4,105,106,107,108,109,110,111,112);/q;+2/p-2. The minimum Gasteiger partial charge on any atom is -0.657 e. The van der Waals surface area contributed by atoms with Crippen LogP contribution in [0.5, 0.6) is 57.5 Å². The van der Waals surface area contributed by atoms with Crippen molar-refractivity contribution in [2.24, 2.45) is 0 Å². The predicted octanol–water partition coefficient (Wildman–Crippen LogP) is 23.0. The Morgan fingerprint density at radius 2 is 0.610 bits per heavy atom. The molecule has 2 N–H and O–H groups in total. The molecule has 4 atom stereocenters. The number of nitrogens with one attached hydrogen (secondary N) is 2. The van der Waals surface area contributed by atoms with Crippen molar-refractivity contribution in [1.29, 1.82) is 0 Å². The maximum atomic E-state index is 15.5. The van der Waals surface area contributed by atoms with Gasteiger partial charge in [0.15, 0.2) is 13.2 Å². The van der Waals surface area contributed by atoms with E-state index in [1.807, 2.05) is 133 Å². The van der Waals surface area contributed by atoms with Crippen molar-refractivity contribution in [2.45, 2.75) is 181 Å². The van der Waals surface area contributed by atoms with Crippen LogP contribution in [0.4, 0.5) is 0 Å². The normalized spacial score (nSPS) is 17.0. The monoisotopic (exact) mass is 1690 g/mol. The molecule has 11 heterocycles. The number of amides is 2. The molecule has 0 fully saturated rings. The molecule has 19 rings (SSSR count). The molecule has 24 bridgehead atoms. The van der Waals surface area contributed by atoms with Crippen LogP contribution in [0.3, 0.4) is 0 Å². The predicted molar refractivity (Wildman–Crippen MR) is 477 cm³/mol. The minimum atomic E-state index is -0.377. The largest absolute Gasteiger partial charge is 2.00 e. The molecule has 8 aliphatic rings. The molecule has 0 radical (unpaired) electrons. The average Bonchev–Trinajstić information content (AvgIpc) is 1.36. The topological polar surface area (TPSA) is 204 Å². The summed E-state index contributed by atoms with van der Waals surface area (Å²) < 4.78 is 71.5. The van der Waals surface area contributed by atoms with E-state index in [-0.39, 0.29) is 108 Å². The number of nitrogens with zero attached hydrogens (tertiary/aromatic N) is 4. The molecular weight excluding hydrogens is 1590 g/mol. The van der Waals surface area contributed by atoms with E-state index in [0.29, 0.717) is 136 Å². The van der Waals surface area contributed by atoms with Crippen molar-refractivity contribution < 1.29 is 76.4 Å². The number of aromatic nitrogens is 4.